The van der Waals surface area contributed by atoms with Gasteiger partial charge in [0.25, 0.3) is 5.91 Å². The molecule has 2 rings (SSSR count). The largest absolute Gasteiger partial charge is 0.508 e. The average molecular weight is 538 g/mol. The highest BCUT2D eigenvalue weighted by Gasteiger charge is 2.36. The molecule has 39 heavy (non-hydrogen) atoms. The number of aryl methyl sites for hydroxylation is 2. The third-order valence-corrected chi connectivity index (χ3v) is 5.44. The minimum Gasteiger partial charge on any atom is -0.508 e. The fourth-order valence-corrected chi connectivity index (χ4v) is 3.86. The van der Waals surface area contributed by atoms with Gasteiger partial charge in [-0.05, 0) is 57.9 Å². The summed E-state index contributed by atoms with van der Waals surface area (Å²) in [5.74, 6) is -2.12. The summed E-state index contributed by atoms with van der Waals surface area (Å²) >= 11 is 0. The molecule has 0 fully saturated rings. The fraction of sp³-hybridized carbons (Fsp3) is 0.379. The van der Waals surface area contributed by atoms with E-state index in [0.29, 0.717) is 11.1 Å². The second kappa shape index (κ2) is 13.3. The number of amides is 3. The van der Waals surface area contributed by atoms with Gasteiger partial charge in [0.05, 0.1) is 7.11 Å². The summed E-state index contributed by atoms with van der Waals surface area (Å²) in [6, 6.07) is 11.1. The predicted molar refractivity (Wildman–Crippen MR) is 144 cm³/mol. The number of hydrogen-bond acceptors (Lipinski definition) is 7. The molecule has 3 N–H and O–H groups in total. The van der Waals surface area contributed by atoms with Crippen LogP contribution in [0.25, 0.3) is 0 Å². The van der Waals surface area contributed by atoms with Gasteiger partial charge in [-0.3, -0.25) is 19.3 Å². The van der Waals surface area contributed by atoms with E-state index in [0.717, 1.165) is 16.0 Å². The van der Waals surface area contributed by atoms with E-state index < -0.39 is 48.1 Å². The lowest BCUT2D eigenvalue weighted by atomic mass is 9.98. The molecule has 2 aromatic carbocycles. The van der Waals surface area contributed by atoms with E-state index in [2.05, 4.69) is 21.4 Å². The molecule has 0 saturated carbocycles. The van der Waals surface area contributed by atoms with Gasteiger partial charge in [-0.1, -0.05) is 47.9 Å². The van der Waals surface area contributed by atoms with E-state index in [1.165, 1.54) is 19.2 Å². The third kappa shape index (κ3) is 9.38. The van der Waals surface area contributed by atoms with E-state index in [-0.39, 0.29) is 12.2 Å². The molecule has 0 radical (unpaired) electrons. The molecule has 10 heteroatoms. The molecule has 0 heterocycles. The Morgan fingerprint density at radius 1 is 1.05 bits per heavy atom. The summed E-state index contributed by atoms with van der Waals surface area (Å²) in [6.45, 7) is 8.27. The maximum atomic E-state index is 13.9. The number of esters is 1. The van der Waals surface area contributed by atoms with Crippen LogP contribution in [0.4, 0.5) is 4.79 Å². The van der Waals surface area contributed by atoms with Crippen LogP contribution in [-0.2, 0) is 30.3 Å². The number of terminal acetylenes is 1. The van der Waals surface area contributed by atoms with Crippen LogP contribution >= 0.6 is 0 Å². The lowest BCUT2D eigenvalue weighted by molar-refractivity contribution is -0.142. The summed E-state index contributed by atoms with van der Waals surface area (Å²) in [5, 5.41) is 14.7. The van der Waals surface area contributed by atoms with E-state index in [1.807, 2.05) is 19.9 Å². The van der Waals surface area contributed by atoms with Gasteiger partial charge >= 0.3 is 12.1 Å². The number of phenolic OH excluding ortho intramolecular Hbond substituents is 1. The number of carbonyl (C=O) groups is 4. The number of alkyl carbamates (subject to hydrolysis) is 1. The van der Waals surface area contributed by atoms with Crippen LogP contribution in [0.1, 0.15) is 49.1 Å². The van der Waals surface area contributed by atoms with Gasteiger partial charge in [0, 0.05) is 12.5 Å². The van der Waals surface area contributed by atoms with Crippen molar-refractivity contribution in [3.63, 3.8) is 0 Å². The number of benzene rings is 2. The van der Waals surface area contributed by atoms with Crippen LogP contribution in [0.3, 0.4) is 0 Å². The first kappa shape index (κ1) is 30.7. The van der Waals surface area contributed by atoms with Crippen molar-refractivity contribution >= 4 is 23.9 Å². The van der Waals surface area contributed by atoms with Crippen molar-refractivity contribution in [2.45, 2.75) is 58.7 Å². The number of ether oxygens (including phenoxy) is 2. The molecular formula is C29H35N3O7. The number of carbonyl (C=O) groups excluding carboxylic acids is 4. The zero-order chi connectivity index (χ0) is 29.3. The maximum absolute atomic E-state index is 13.9. The van der Waals surface area contributed by atoms with Gasteiger partial charge in [-0.15, -0.1) is 0 Å². The SMILES string of the molecule is C#CN(C(=O)C(Cc1ccc(O)cc1)NC(=O)OC(C)(C)C)C(C(=O)NCC(=O)OC)c1cc(C)cc(C)c1. The van der Waals surface area contributed by atoms with Crippen LogP contribution in [0, 0.1) is 26.3 Å². The Hall–Kier alpha value is -4.52. The summed E-state index contributed by atoms with van der Waals surface area (Å²) in [4.78, 5) is 52.6. The van der Waals surface area contributed by atoms with Crippen LogP contribution in [0.15, 0.2) is 42.5 Å². The van der Waals surface area contributed by atoms with Gasteiger partial charge < -0.3 is 25.2 Å². The molecule has 0 aliphatic heterocycles. The normalized spacial score (nSPS) is 12.3. The highest BCUT2D eigenvalue weighted by atomic mass is 16.6. The first-order chi connectivity index (χ1) is 18.2. The van der Waals surface area contributed by atoms with Gasteiger partial charge in [0.15, 0.2) is 0 Å². The Bertz CT molecular complexity index is 1220. The molecule has 208 valence electrons. The predicted octanol–water partition coefficient (Wildman–Crippen LogP) is 2.89. The first-order valence-electron chi connectivity index (χ1n) is 12.2. The Morgan fingerprint density at radius 3 is 2.15 bits per heavy atom. The Balaban J connectivity index is 2.52. The zero-order valence-electron chi connectivity index (χ0n) is 23.0. The molecule has 0 bridgehead atoms. The average Bonchev–Trinajstić information content (AvgIpc) is 2.84. The van der Waals surface area contributed by atoms with E-state index >= 15 is 0 Å². The summed E-state index contributed by atoms with van der Waals surface area (Å²) in [6.07, 6.45) is 4.93. The van der Waals surface area contributed by atoms with Crippen molar-refractivity contribution in [3.8, 4) is 18.2 Å². The molecule has 0 aromatic heterocycles. The lowest BCUT2D eigenvalue weighted by Gasteiger charge is -2.30. The second-order valence-corrected chi connectivity index (χ2v) is 10.0. The Kier molecular flexibility index (Phi) is 10.5. The lowest BCUT2D eigenvalue weighted by Crippen LogP contribution is -2.52. The first-order valence-corrected chi connectivity index (χ1v) is 12.2. The van der Waals surface area contributed by atoms with Crippen LogP contribution < -0.4 is 10.6 Å². The summed E-state index contributed by atoms with van der Waals surface area (Å²) < 4.78 is 9.95. The van der Waals surface area contributed by atoms with Gasteiger partial charge in [-0.2, -0.15) is 0 Å². The van der Waals surface area contributed by atoms with Gasteiger partial charge in [0.1, 0.15) is 30.0 Å². The van der Waals surface area contributed by atoms with Crippen LogP contribution in [0.2, 0.25) is 0 Å². The van der Waals surface area contributed by atoms with Gasteiger partial charge in [0.2, 0.25) is 5.91 Å². The van der Waals surface area contributed by atoms with Crippen molar-refractivity contribution in [2.75, 3.05) is 13.7 Å². The van der Waals surface area contributed by atoms with Crippen molar-refractivity contribution in [3.05, 3.63) is 64.7 Å². The van der Waals surface area contributed by atoms with Crippen molar-refractivity contribution in [1.29, 1.82) is 0 Å². The number of hydrogen-bond donors (Lipinski definition) is 3. The monoisotopic (exact) mass is 537 g/mol. The quantitative estimate of drug-likeness (QED) is 0.254. The minimum atomic E-state index is -1.33. The summed E-state index contributed by atoms with van der Waals surface area (Å²) in [5.41, 5.74) is 1.84. The Labute approximate surface area is 228 Å². The molecular weight excluding hydrogens is 502 g/mol. The van der Waals surface area contributed by atoms with Crippen molar-refractivity contribution in [2.24, 2.45) is 0 Å². The number of nitrogens with one attached hydrogen (secondary N) is 2. The summed E-state index contributed by atoms with van der Waals surface area (Å²) in [7, 11) is 1.18. The second-order valence-electron chi connectivity index (χ2n) is 10.0. The Morgan fingerprint density at radius 2 is 1.64 bits per heavy atom. The highest BCUT2D eigenvalue weighted by Crippen LogP contribution is 2.25. The molecule has 3 amide bonds. The standard InChI is InChI=1S/C29H35N3O7/c1-8-32(25(26(35)30-17-24(34)38-7)21-14-18(2)13-19(3)15-21)27(36)23(31-28(37)39-29(4,5)6)16-20-9-11-22(33)12-10-20/h1,9-15,23,25,33H,16-17H2,2-7H3,(H,30,35)(H,31,37). The van der Waals surface area contributed by atoms with Crippen molar-refractivity contribution in [1.82, 2.24) is 15.5 Å². The molecule has 0 saturated heterocycles. The number of nitrogens with zero attached hydrogens (tertiary/aromatic N) is 1. The van der Waals surface area contributed by atoms with Crippen LogP contribution in [-0.4, -0.2) is 59.2 Å². The molecule has 0 spiro atoms. The smallest absolute Gasteiger partial charge is 0.408 e. The van der Waals surface area contributed by atoms with E-state index in [4.69, 9.17) is 11.2 Å². The molecule has 0 aliphatic carbocycles. The molecule has 0 aliphatic rings. The number of methoxy groups -OCH3 is 1. The fourth-order valence-electron chi connectivity index (χ4n) is 3.86. The van der Waals surface area contributed by atoms with E-state index in [9.17, 15) is 24.3 Å². The van der Waals surface area contributed by atoms with Crippen LogP contribution in [0.5, 0.6) is 5.75 Å². The maximum Gasteiger partial charge on any atom is 0.408 e. The van der Waals surface area contributed by atoms with Gasteiger partial charge in [-0.25, -0.2) is 4.79 Å². The third-order valence-electron chi connectivity index (χ3n) is 5.44. The minimum absolute atomic E-state index is 0.0140. The zero-order valence-corrected chi connectivity index (χ0v) is 23.0. The molecule has 2 aromatic rings. The number of rotatable bonds is 9. The highest BCUT2D eigenvalue weighted by molar-refractivity contribution is 5.94. The van der Waals surface area contributed by atoms with E-state index in [1.54, 1.807) is 45.0 Å². The molecule has 2 unspecified atom stereocenters. The van der Waals surface area contributed by atoms with Crippen molar-refractivity contribution < 1.29 is 33.8 Å². The number of phenols is 1. The molecule has 2 atom stereocenters. The topological polar surface area (TPSA) is 134 Å². The molecule has 10 nitrogen and oxygen atoms in total. The number of aromatic hydroxyl groups is 1.